The molecule has 0 spiro atoms. The number of hydrogen-bond acceptors (Lipinski definition) is 2. The van der Waals surface area contributed by atoms with Crippen LogP contribution in [0.25, 0.3) is 0 Å². The second-order valence-electron chi connectivity index (χ2n) is 2.49. The molecule has 10 heavy (non-hydrogen) atoms. The molecule has 0 saturated carbocycles. The highest BCUT2D eigenvalue weighted by atomic mass is 15.0. The van der Waals surface area contributed by atoms with Crippen molar-refractivity contribution in [3.63, 3.8) is 0 Å². The minimum Gasteiger partial charge on any atom is -0.318 e. The van der Waals surface area contributed by atoms with E-state index in [9.17, 15) is 0 Å². The van der Waals surface area contributed by atoms with Crippen molar-refractivity contribution in [3.05, 3.63) is 12.7 Å². The first-order chi connectivity index (χ1) is 4.81. The Morgan fingerprint density at radius 2 is 2.30 bits per heavy atom. The van der Waals surface area contributed by atoms with Crippen LogP contribution >= 0.6 is 0 Å². The average Bonchev–Trinajstić information content (AvgIpc) is 1.89. The number of hydrogen-bond donors (Lipinski definition) is 2. The maximum absolute atomic E-state index is 3.65. The molecule has 0 fully saturated rings. The van der Waals surface area contributed by atoms with E-state index in [4.69, 9.17) is 0 Å². The second-order valence-corrected chi connectivity index (χ2v) is 2.49. The maximum atomic E-state index is 3.65. The average molecular weight is 142 g/mol. The van der Waals surface area contributed by atoms with Crippen molar-refractivity contribution in [2.75, 3.05) is 20.1 Å². The van der Waals surface area contributed by atoms with E-state index in [2.05, 4.69) is 24.1 Å². The lowest BCUT2D eigenvalue weighted by Gasteiger charge is -2.11. The zero-order valence-electron chi connectivity index (χ0n) is 6.98. The van der Waals surface area contributed by atoms with Crippen molar-refractivity contribution >= 4 is 0 Å². The first kappa shape index (κ1) is 9.66. The van der Waals surface area contributed by atoms with Crippen molar-refractivity contribution in [2.45, 2.75) is 19.4 Å². The molecule has 0 heterocycles. The smallest absolute Gasteiger partial charge is 0.0164 e. The van der Waals surface area contributed by atoms with Crippen molar-refractivity contribution in [1.82, 2.24) is 10.6 Å². The lowest BCUT2D eigenvalue weighted by Crippen LogP contribution is -2.35. The molecule has 2 N–H and O–H groups in total. The van der Waals surface area contributed by atoms with Crippen LogP contribution in [0.4, 0.5) is 0 Å². The van der Waals surface area contributed by atoms with E-state index in [1.54, 1.807) is 0 Å². The summed E-state index contributed by atoms with van der Waals surface area (Å²) in [7, 11) is 1.96. The van der Waals surface area contributed by atoms with Gasteiger partial charge in [-0.15, -0.1) is 6.58 Å². The van der Waals surface area contributed by atoms with E-state index < -0.39 is 0 Å². The van der Waals surface area contributed by atoms with Crippen molar-refractivity contribution < 1.29 is 0 Å². The van der Waals surface area contributed by atoms with Gasteiger partial charge in [0.25, 0.3) is 0 Å². The van der Waals surface area contributed by atoms with E-state index in [-0.39, 0.29) is 0 Å². The molecule has 0 aliphatic carbocycles. The highest BCUT2D eigenvalue weighted by molar-refractivity contribution is 4.70. The predicted molar refractivity (Wildman–Crippen MR) is 46.2 cm³/mol. The van der Waals surface area contributed by atoms with Crippen molar-refractivity contribution in [1.29, 1.82) is 0 Å². The summed E-state index contributed by atoms with van der Waals surface area (Å²) in [5.74, 6) is 0. The Morgan fingerprint density at radius 3 is 2.80 bits per heavy atom. The minimum absolute atomic E-state index is 0.560. The van der Waals surface area contributed by atoms with Crippen molar-refractivity contribution in [2.24, 2.45) is 0 Å². The van der Waals surface area contributed by atoms with Gasteiger partial charge in [-0.25, -0.2) is 0 Å². The van der Waals surface area contributed by atoms with E-state index in [1.165, 1.54) is 0 Å². The van der Waals surface area contributed by atoms with Crippen LogP contribution in [0.1, 0.15) is 13.3 Å². The third-order valence-electron chi connectivity index (χ3n) is 1.35. The topological polar surface area (TPSA) is 24.1 Å². The molecule has 0 bridgehead atoms. The summed E-state index contributed by atoms with van der Waals surface area (Å²) in [6.45, 7) is 7.87. The molecule has 0 rings (SSSR count). The summed E-state index contributed by atoms with van der Waals surface area (Å²) in [4.78, 5) is 0. The van der Waals surface area contributed by atoms with Gasteiger partial charge in [0.1, 0.15) is 0 Å². The molecule has 0 amide bonds. The summed E-state index contributed by atoms with van der Waals surface area (Å²) in [5, 5.41) is 6.46. The predicted octanol–water partition coefficient (Wildman–Crippen LogP) is 0.760. The van der Waals surface area contributed by atoms with Crippen LogP contribution in [0, 0.1) is 0 Å². The van der Waals surface area contributed by atoms with Gasteiger partial charge in [-0.2, -0.15) is 0 Å². The quantitative estimate of drug-likeness (QED) is 0.422. The normalized spacial score (nSPS) is 13.0. The Bertz CT molecular complexity index is 81.3. The molecule has 0 radical (unpaired) electrons. The van der Waals surface area contributed by atoms with Gasteiger partial charge in [-0.3, -0.25) is 0 Å². The van der Waals surface area contributed by atoms with Crippen LogP contribution in [0.2, 0.25) is 0 Å². The molecule has 1 unspecified atom stereocenters. The Balaban J connectivity index is 3.04. The minimum atomic E-state index is 0.560. The third kappa shape index (κ3) is 5.79. The fraction of sp³-hybridized carbons (Fsp3) is 0.750. The van der Waals surface area contributed by atoms with E-state index in [0.717, 1.165) is 19.5 Å². The third-order valence-corrected chi connectivity index (χ3v) is 1.35. The molecule has 2 heteroatoms. The molecule has 0 saturated heterocycles. The van der Waals surface area contributed by atoms with Gasteiger partial charge in [0, 0.05) is 12.6 Å². The Morgan fingerprint density at radius 1 is 1.60 bits per heavy atom. The molecule has 0 aromatic carbocycles. The lowest BCUT2D eigenvalue weighted by molar-refractivity contribution is 0.529. The molecule has 0 aliphatic rings. The Labute approximate surface area is 63.7 Å². The maximum Gasteiger partial charge on any atom is 0.0164 e. The molecule has 0 aliphatic heterocycles. The second kappa shape index (κ2) is 6.78. The van der Waals surface area contributed by atoms with Crippen LogP contribution < -0.4 is 10.6 Å². The van der Waals surface area contributed by atoms with Crippen LogP contribution in [-0.4, -0.2) is 26.2 Å². The zero-order valence-corrected chi connectivity index (χ0v) is 6.98. The molecular formula is C8H18N2. The van der Waals surface area contributed by atoms with Gasteiger partial charge in [-0.1, -0.05) is 6.08 Å². The van der Waals surface area contributed by atoms with E-state index >= 15 is 0 Å². The van der Waals surface area contributed by atoms with Crippen LogP contribution in [0.3, 0.4) is 0 Å². The van der Waals surface area contributed by atoms with Crippen molar-refractivity contribution in [3.8, 4) is 0 Å². The van der Waals surface area contributed by atoms with E-state index in [1.807, 2.05) is 13.1 Å². The molecule has 1 atom stereocenters. The fourth-order valence-electron chi connectivity index (χ4n) is 0.810. The summed E-state index contributed by atoms with van der Waals surface area (Å²) in [6.07, 6.45) is 2.98. The Hall–Kier alpha value is -0.340. The van der Waals surface area contributed by atoms with Gasteiger partial charge >= 0.3 is 0 Å². The molecule has 0 aromatic heterocycles. The van der Waals surface area contributed by atoms with Crippen LogP contribution in [0.5, 0.6) is 0 Å². The van der Waals surface area contributed by atoms with Crippen LogP contribution in [-0.2, 0) is 0 Å². The molecule has 60 valence electrons. The summed E-state index contributed by atoms with van der Waals surface area (Å²) in [6, 6.07) is 0.560. The molecule has 2 nitrogen and oxygen atoms in total. The standard InChI is InChI=1S/C8H18N2/c1-4-5-6-10-8(2)7-9-3/h4,8-10H,1,5-7H2,2-3H3. The number of likely N-dealkylation sites (N-methyl/N-ethyl adjacent to an activating group) is 1. The van der Waals surface area contributed by atoms with Gasteiger partial charge in [0.05, 0.1) is 0 Å². The highest BCUT2D eigenvalue weighted by Gasteiger charge is 1.95. The number of rotatable bonds is 6. The summed E-state index contributed by atoms with van der Waals surface area (Å²) in [5.41, 5.74) is 0. The van der Waals surface area contributed by atoms with Gasteiger partial charge in [-0.05, 0) is 26.9 Å². The van der Waals surface area contributed by atoms with Crippen LogP contribution in [0.15, 0.2) is 12.7 Å². The first-order valence-electron chi connectivity index (χ1n) is 3.80. The largest absolute Gasteiger partial charge is 0.318 e. The molecule has 0 aromatic rings. The summed E-state index contributed by atoms with van der Waals surface area (Å²) < 4.78 is 0. The summed E-state index contributed by atoms with van der Waals surface area (Å²) >= 11 is 0. The fourth-order valence-corrected chi connectivity index (χ4v) is 0.810. The Kier molecular flexibility index (Phi) is 6.55. The van der Waals surface area contributed by atoms with Gasteiger partial charge in [0.2, 0.25) is 0 Å². The lowest BCUT2D eigenvalue weighted by atomic mass is 10.3. The SMILES string of the molecule is C=CCCNC(C)CNC. The highest BCUT2D eigenvalue weighted by Crippen LogP contribution is 1.80. The number of nitrogens with one attached hydrogen (secondary N) is 2. The zero-order chi connectivity index (χ0) is 7.82. The molecular weight excluding hydrogens is 124 g/mol. The first-order valence-corrected chi connectivity index (χ1v) is 3.80. The van der Waals surface area contributed by atoms with Gasteiger partial charge < -0.3 is 10.6 Å². The van der Waals surface area contributed by atoms with E-state index in [0.29, 0.717) is 6.04 Å². The monoisotopic (exact) mass is 142 g/mol. The van der Waals surface area contributed by atoms with Gasteiger partial charge in [0.15, 0.2) is 0 Å².